The maximum absolute atomic E-state index is 12.7. The van der Waals surface area contributed by atoms with Gasteiger partial charge in [-0.05, 0) is 35.7 Å². The molecule has 2 aromatic rings. The zero-order chi connectivity index (χ0) is 16.2. The average molecular weight is 315 g/mol. The van der Waals surface area contributed by atoms with Gasteiger partial charge < -0.3 is 18.8 Å². The Bertz CT molecular complexity index is 664. The number of hydrogen-bond donors (Lipinski definition) is 0. The van der Waals surface area contributed by atoms with Crippen molar-refractivity contribution in [3.8, 4) is 11.5 Å². The molecule has 5 nitrogen and oxygen atoms in total. The van der Waals surface area contributed by atoms with Crippen molar-refractivity contribution >= 4 is 5.91 Å². The van der Waals surface area contributed by atoms with Crippen LogP contribution >= 0.6 is 0 Å². The second-order valence-electron chi connectivity index (χ2n) is 6.11. The average Bonchev–Trinajstić information content (AvgIpc) is 3.16. The van der Waals surface area contributed by atoms with Gasteiger partial charge in [-0.25, -0.2) is 0 Å². The van der Waals surface area contributed by atoms with Crippen molar-refractivity contribution < 1.29 is 18.7 Å². The predicted molar refractivity (Wildman–Crippen MR) is 85.2 cm³/mol. The van der Waals surface area contributed by atoms with E-state index in [1.54, 1.807) is 6.26 Å². The van der Waals surface area contributed by atoms with Gasteiger partial charge in [-0.1, -0.05) is 19.9 Å². The van der Waals surface area contributed by atoms with Crippen molar-refractivity contribution in [3.63, 3.8) is 0 Å². The van der Waals surface area contributed by atoms with E-state index in [0.29, 0.717) is 31.2 Å². The van der Waals surface area contributed by atoms with Crippen LogP contribution < -0.4 is 9.47 Å². The number of benzene rings is 1. The summed E-state index contributed by atoms with van der Waals surface area (Å²) in [4.78, 5) is 14.5. The molecule has 5 heteroatoms. The molecule has 122 valence electrons. The number of amides is 1. The Morgan fingerprint density at radius 2 is 2.04 bits per heavy atom. The highest BCUT2D eigenvalue weighted by atomic mass is 16.7. The first-order valence-electron chi connectivity index (χ1n) is 7.80. The Balaban J connectivity index is 1.69. The smallest absolute Gasteiger partial charge is 0.231 e. The number of hydrogen-bond acceptors (Lipinski definition) is 4. The third kappa shape index (κ3) is 3.86. The molecular weight excluding hydrogens is 294 g/mol. The van der Waals surface area contributed by atoms with Crippen LogP contribution in [-0.2, 0) is 17.8 Å². The maximum atomic E-state index is 12.7. The Morgan fingerprint density at radius 3 is 2.78 bits per heavy atom. The van der Waals surface area contributed by atoms with Gasteiger partial charge in [0.15, 0.2) is 11.5 Å². The lowest BCUT2D eigenvalue weighted by molar-refractivity contribution is -0.131. The van der Waals surface area contributed by atoms with Crippen molar-refractivity contribution in [3.05, 3.63) is 47.9 Å². The quantitative estimate of drug-likeness (QED) is 0.821. The topological polar surface area (TPSA) is 51.9 Å². The molecule has 0 unspecified atom stereocenters. The summed E-state index contributed by atoms with van der Waals surface area (Å²) in [5.41, 5.74) is 0.924. The van der Waals surface area contributed by atoms with E-state index < -0.39 is 0 Å². The minimum absolute atomic E-state index is 0.0777. The number of ether oxygens (including phenoxy) is 2. The lowest BCUT2D eigenvalue weighted by Gasteiger charge is -2.24. The van der Waals surface area contributed by atoms with Crippen molar-refractivity contribution in [1.29, 1.82) is 0 Å². The molecular formula is C18H21NO4. The van der Waals surface area contributed by atoms with Gasteiger partial charge in [-0.2, -0.15) is 0 Å². The van der Waals surface area contributed by atoms with E-state index in [-0.39, 0.29) is 12.7 Å². The highest BCUT2D eigenvalue weighted by molar-refractivity contribution is 5.79. The van der Waals surface area contributed by atoms with Gasteiger partial charge in [0.1, 0.15) is 5.76 Å². The lowest BCUT2D eigenvalue weighted by Crippen LogP contribution is -2.34. The summed E-state index contributed by atoms with van der Waals surface area (Å²) in [5.74, 6) is 2.71. The summed E-state index contributed by atoms with van der Waals surface area (Å²) in [6.07, 6.45) is 1.97. The molecule has 1 amide bonds. The van der Waals surface area contributed by atoms with Gasteiger partial charge >= 0.3 is 0 Å². The Morgan fingerprint density at radius 1 is 1.22 bits per heavy atom. The Hall–Kier alpha value is -2.43. The molecule has 2 heterocycles. The number of furan rings is 1. The molecule has 0 bridgehead atoms. The van der Waals surface area contributed by atoms with E-state index in [1.165, 1.54) is 0 Å². The molecule has 0 atom stereocenters. The van der Waals surface area contributed by atoms with Crippen molar-refractivity contribution in [2.75, 3.05) is 13.3 Å². The fourth-order valence-corrected chi connectivity index (χ4v) is 2.62. The highest BCUT2D eigenvalue weighted by Gasteiger charge is 2.19. The lowest BCUT2D eigenvalue weighted by atomic mass is 10.1. The van der Waals surface area contributed by atoms with E-state index in [1.807, 2.05) is 35.2 Å². The summed E-state index contributed by atoms with van der Waals surface area (Å²) >= 11 is 0. The first-order chi connectivity index (χ1) is 11.1. The van der Waals surface area contributed by atoms with E-state index in [0.717, 1.165) is 17.1 Å². The number of rotatable bonds is 6. The SMILES string of the molecule is CC(C)CN(Cc1ccco1)C(=O)Cc1ccc2c(c1)OCO2. The van der Waals surface area contributed by atoms with E-state index >= 15 is 0 Å². The van der Waals surface area contributed by atoms with Crippen LogP contribution in [-0.4, -0.2) is 24.1 Å². The van der Waals surface area contributed by atoms with Gasteiger partial charge in [-0.15, -0.1) is 0 Å². The van der Waals surface area contributed by atoms with Gasteiger partial charge in [0.25, 0.3) is 0 Å². The van der Waals surface area contributed by atoms with Gasteiger partial charge in [-0.3, -0.25) is 4.79 Å². The Labute approximate surface area is 135 Å². The van der Waals surface area contributed by atoms with Crippen molar-refractivity contribution in [2.45, 2.75) is 26.8 Å². The standard InChI is InChI=1S/C18H21NO4/c1-13(2)10-19(11-15-4-3-7-21-15)18(20)9-14-5-6-16-17(8-14)23-12-22-16/h3-8,13H,9-12H2,1-2H3. The molecule has 0 fully saturated rings. The minimum Gasteiger partial charge on any atom is -0.467 e. The first kappa shape index (κ1) is 15.5. The molecule has 1 aromatic carbocycles. The molecule has 0 saturated carbocycles. The van der Waals surface area contributed by atoms with Crippen LogP contribution in [0.1, 0.15) is 25.2 Å². The van der Waals surface area contributed by atoms with Gasteiger partial charge in [0.05, 0.1) is 19.2 Å². The molecule has 0 aliphatic carbocycles. The second kappa shape index (κ2) is 6.77. The Kier molecular flexibility index (Phi) is 4.55. The number of nitrogens with zero attached hydrogens (tertiary/aromatic N) is 1. The minimum atomic E-state index is 0.0777. The molecule has 1 aliphatic heterocycles. The van der Waals surface area contributed by atoms with Crippen LogP contribution in [0.2, 0.25) is 0 Å². The normalized spacial score (nSPS) is 12.7. The van der Waals surface area contributed by atoms with Crippen LogP contribution in [0, 0.1) is 5.92 Å². The number of fused-ring (bicyclic) bond motifs is 1. The number of carbonyl (C=O) groups excluding carboxylic acids is 1. The molecule has 0 saturated heterocycles. The summed E-state index contributed by atoms with van der Waals surface area (Å²) in [6.45, 7) is 5.63. The van der Waals surface area contributed by atoms with E-state index in [9.17, 15) is 4.79 Å². The van der Waals surface area contributed by atoms with Crippen molar-refractivity contribution in [2.24, 2.45) is 5.92 Å². The largest absolute Gasteiger partial charge is 0.467 e. The fraction of sp³-hybridized carbons (Fsp3) is 0.389. The monoisotopic (exact) mass is 315 g/mol. The fourth-order valence-electron chi connectivity index (χ4n) is 2.62. The maximum Gasteiger partial charge on any atom is 0.231 e. The van der Waals surface area contributed by atoms with Crippen LogP contribution in [0.4, 0.5) is 0 Å². The molecule has 0 N–H and O–H groups in total. The first-order valence-corrected chi connectivity index (χ1v) is 7.80. The molecule has 0 radical (unpaired) electrons. The summed E-state index contributed by atoms with van der Waals surface area (Å²) < 4.78 is 16.0. The van der Waals surface area contributed by atoms with Crippen LogP contribution in [0.3, 0.4) is 0 Å². The third-order valence-electron chi connectivity index (χ3n) is 3.66. The van der Waals surface area contributed by atoms with Gasteiger partial charge in [0.2, 0.25) is 12.7 Å². The summed E-state index contributed by atoms with van der Waals surface area (Å²) in [6, 6.07) is 9.36. The predicted octanol–water partition coefficient (Wildman–Crippen LogP) is 3.24. The van der Waals surface area contributed by atoms with Crippen molar-refractivity contribution in [1.82, 2.24) is 4.90 Å². The summed E-state index contributed by atoms with van der Waals surface area (Å²) in [7, 11) is 0. The zero-order valence-electron chi connectivity index (χ0n) is 13.5. The molecule has 23 heavy (non-hydrogen) atoms. The molecule has 3 rings (SSSR count). The number of carbonyl (C=O) groups is 1. The van der Waals surface area contributed by atoms with E-state index in [4.69, 9.17) is 13.9 Å². The van der Waals surface area contributed by atoms with Crippen LogP contribution in [0.25, 0.3) is 0 Å². The summed E-state index contributed by atoms with van der Waals surface area (Å²) in [5, 5.41) is 0. The van der Waals surface area contributed by atoms with Gasteiger partial charge in [0, 0.05) is 6.54 Å². The zero-order valence-corrected chi connectivity index (χ0v) is 13.5. The van der Waals surface area contributed by atoms with Crippen LogP contribution in [0.5, 0.6) is 11.5 Å². The van der Waals surface area contributed by atoms with Crippen LogP contribution in [0.15, 0.2) is 41.0 Å². The third-order valence-corrected chi connectivity index (χ3v) is 3.66. The highest BCUT2D eigenvalue weighted by Crippen LogP contribution is 2.32. The second-order valence-corrected chi connectivity index (χ2v) is 6.11. The molecule has 0 spiro atoms. The van der Waals surface area contributed by atoms with E-state index in [2.05, 4.69) is 13.8 Å². The molecule has 1 aliphatic rings. The molecule has 1 aromatic heterocycles.